The largest absolute Gasteiger partial charge is 0.480 e. The molecule has 0 aromatic carbocycles. The summed E-state index contributed by atoms with van der Waals surface area (Å²) in [7, 11) is 0. The van der Waals surface area contributed by atoms with Gasteiger partial charge >= 0.3 is 5.97 Å². The Kier molecular flexibility index (Phi) is 3.24. The summed E-state index contributed by atoms with van der Waals surface area (Å²) in [6.45, 7) is 0. The lowest BCUT2D eigenvalue weighted by Gasteiger charge is -2.23. The zero-order chi connectivity index (χ0) is 8.27. The molecule has 0 aromatic rings. The average Bonchev–Trinajstić information content (AvgIpc) is 2.05. The van der Waals surface area contributed by atoms with E-state index in [-0.39, 0.29) is 0 Å². The predicted molar refractivity (Wildman–Crippen MR) is 47.0 cm³/mol. The third kappa shape index (κ3) is 2.40. The van der Waals surface area contributed by atoms with Crippen molar-refractivity contribution in [2.45, 2.75) is 37.4 Å². The van der Waals surface area contributed by atoms with Crippen molar-refractivity contribution >= 4 is 18.6 Å². The second-order valence-corrected chi connectivity index (χ2v) is 3.74. The SMILES string of the molecule is O=C(O)C(S)C1CCCCC1. The van der Waals surface area contributed by atoms with Gasteiger partial charge in [-0.15, -0.1) is 0 Å². The first kappa shape index (κ1) is 8.91. The van der Waals surface area contributed by atoms with E-state index in [1.54, 1.807) is 0 Å². The van der Waals surface area contributed by atoms with Crippen LogP contribution in [0.4, 0.5) is 0 Å². The first-order valence-electron chi connectivity index (χ1n) is 4.12. The first-order chi connectivity index (χ1) is 5.22. The van der Waals surface area contributed by atoms with E-state index >= 15 is 0 Å². The van der Waals surface area contributed by atoms with E-state index in [0.29, 0.717) is 5.92 Å². The van der Waals surface area contributed by atoms with Gasteiger partial charge in [-0.1, -0.05) is 19.3 Å². The smallest absolute Gasteiger partial charge is 0.316 e. The van der Waals surface area contributed by atoms with Gasteiger partial charge in [-0.2, -0.15) is 12.6 Å². The molecule has 1 unspecified atom stereocenters. The highest BCUT2D eigenvalue weighted by atomic mass is 32.1. The normalized spacial score (nSPS) is 23.0. The molecule has 11 heavy (non-hydrogen) atoms. The Labute approximate surface area is 72.4 Å². The molecule has 0 bridgehead atoms. The molecule has 1 N–H and O–H groups in total. The molecule has 64 valence electrons. The van der Waals surface area contributed by atoms with E-state index < -0.39 is 11.2 Å². The minimum atomic E-state index is -0.764. The number of thiol groups is 1. The maximum absolute atomic E-state index is 10.5. The molecule has 0 heterocycles. The Balaban J connectivity index is 2.38. The van der Waals surface area contributed by atoms with Crippen LogP contribution in [0.1, 0.15) is 32.1 Å². The van der Waals surface area contributed by atoms with E-state index in [1.165, 1.54) is 19.3 Å². The number of hydrogen-bond acceptors (Lipinski definition) is 2. The summed E-state index contributed by atoms with van der Waals surface area (Å²) in [6.07, 6.45) is 5.70. The Morgan fingerprint density at radius 2 is 1.91 bits per heavy atom. The molecule has 0 spiro atoms. The Morgan fingerprint density at radius 3 is 2.36 bits per heavy atom. The van der Waals surface area contributed by atoms with E-state index in [0.717, 1.165) is 12.8 Å². The molecule has 0 aliphatic heterocycles. The second kappa shape index (κ2) is 4.00. The second-order valence-electron chi connectivity index (χ2n) is 3.18. The molecule has 0 amide bonds. The molecular formula is C8H14O2S. The van der Waals surface area contributed by atoms with Crippen LogP contribution in [0.15, 0.2) is 0 Å². The van der Waals surface area contributed by atoms with Crippen molar-refractivity contribution < 1.29 is 9.90 Å². The zero-order valence-electron chi connectivity index (χ0n) is 6.49. The summed E-state index contributed by atoms with van der Waals surface area (Å²) >= 11 is 4.07. The summed E-state index contributed by atoms with van der Waals surface area (Å²) in [5.74, 6) is -0.454. The summed E-state index contributed by atoms with van der Waals surface area (Å²) in [4.78, 5) is 10.5. The van der Waals surface area contributed by atoms with Gasteiger partial charge in [0.05, 0.1) is 0 Å². The summed E-state index contributed by atoms with van der Waals surface area (Å²) < 4.78 is 0. The average molecular weight is 174 g/mol. The number of hydrogen-bond donors (Lipinski definition) is 2. The van der Waals surface area contributed by atoms with E-state index in [1.807, 2.05) is 0 Å². The van der Waals surface area contributed by atoms with Gasteiger partial charge in [-0.25, -0.2) is 0 Å². The van der Waals surface area contributed by atoms with Crippen LogP contribution in [0, 0.1) is 5.92 Å². The summed E-state index contributed by atoms with van der Waals surface area (Å²) in [5, 5.41) is 8.22. The monoisotopic (exact) mass is 174 g/mol. The lowest BCUT2D eigenvalue weighted by molar-refractivity contribution is -0.137. The maximum atomic E-state index is 10.5. The van der Waals surface area contributed by atoms with Crippen molar-refractivity contribution in [1.82, 2.24) is 0 Å². The van der Waals surface area contributed by atoms with Crippen molar-refractivity contribution in [3.8, 4) is 0 Å². The van der Waals surface area contributed by atoms with Gasteiger partial charge in [0.25, 0.3) is 0 Å². The number of carboxylic acid groups (broad SMARTS) is 1. The van der Waals surface area contributed by atoms with Crippen molar-refractivity contribution in [1.29, 1.82) is 0 Å². The van der Waals surface area contributed by atoms with Gasteiger partial charge < -0.3 is 5.11 Å². The fourth-order valence-electron chi connectivity index (χ4n) is 1.65. The molecule has 3 heteroatoms. The standard InChI is InChI=1S/C8H14O2S/c9-8(10)7(11)6-4-2-1-3-5-6/h6-7,11H,1-5H2,(H,9,10). The summed E-state index contributed by atoms with van der Waals surface area (Å²) in [5.41, 5.74) is 0. The minimum absolute atomic E-state index is 0.310. The number of carbonyl (C=O) groups is 1. The maximum Gasteiger partial charge on any atom is 0.316 e. The van der Waals surface area contributed by atoms with Gasteiger partial charge in [-0.05, 0) is 18.8 Å². The van der Waals surface area contributed by atoms with Crippen LogP contribution in [0.2, 0.25) is 0 Å². The van der Waals surface area contributed by atoms with Crippen molar-refractivity contribution in [3.05, 3.63) is 0 Å². The fraction of sp³-hybridized carbons (Fsp3) is 0.875. The Hall–Kier alpha value is -0.180. The van der Waals surface area contributed by atoms with E-state index in [2.05, 4.69) is 12.6 Å². The lowest BCUT2D eigenvalue weighted by atomic mass is 9.87. The van der Waals surface area contributed by atoms with E-state index in [4.69, 9.17) is 5.11 Å². The minimum Gasteiger partial charge on any atom is -0.480 e. The molecule has 0 saturated heterocycles. The van der Waals surface area contributed by atoms with Crippen LogP contribution in [0.25, 0.3) is 0 Å². The molecule has 1 aliphatic rings. The van der Waals surface area contributed by atoms with Gasteiger partial charge in [-0.3, -0.25) is 4.79 Å². The van der Waals surface area contributed by atoms with Crippen molar-refractivity contribution in [2.24, 2.45) is 5.92 Å². The highest BCUT2D eigenvalue weighted by Gasteiger charge is 2.25. The van der Waals surface area contributed by atoms with Crippen LogP contribution in [0.3, 0.4) is 0 Å². The summed E-state index contributed by atoms with van der Waals surface area (Å²) in [6, 6.07) is 0. The number of carboxylic acids is 1. The molecule has 1 saturated carbocycles. The van der Waals surface area contributed by atoms with Crippen LogP contribution in [-0.2, 0) is 4.79 Å². The molecule has 0 radical (unpaired) electrons. The third-order valence-corrected chi connectivity index (χ3v) is 2.99. The highest BCUT2D eigenvalue weighted by molar-refractivity contribution is 7.81. The Morgan fingerprint density at radius 1 is 1.36 bits per heavy atom. The topological polar surface area (TPSA) is 37.3 Å². The predicted octanol–water partition coefficient (Wildman–Crippen LogP) is 1.95. The zero-order valence-corrected chi connectivity index (χ0v) is 7.39. The quantitative estimate of drug-likeness (QED) is 0.628. The molecule has 1 atom stereocenters. The van der Waals surface area contributed by atoms with Crippen LogP contribution >= 0.6 is 12.6 Å². The molecular weight excluding hydrogens is 160 g/mol. The Bertz CT molecular complexity index is 141. The van der Waals surface area contributed by atoms with Crippen molar-refractivity contribution in [3.63, 3.8) is 0 Å². The van der Waals surface area contributed by atoms with Crippen LogP contribution in [0.5, 0.6) is 0 Å². The molecule has 1 rings (SSSR count). The lowest BCUT2D eigenvalue weighted by Crippen LogP contribution is -2.25. The van der Waals surface area contributed by atoms with Crippen LogP contribution in [-0.4, -0.2) is 16.3 Å². The van der Waals surface area contributed by atoms with Gasteiger partial charge in [0, 0.05) is 0 Å². The molecule has 2 nitrogen and oxygen atoms in total. The van der Waals surface area contributed by atoms with Crippen LogP contribution < -0.4 is 0 Å². The number of rotatable bonds is 2. The molecule has 1 fully saturated rings. The first-order valence-corrected chi connectivity index (χ1v) is 4.64. The number of aliphatic carboxylic acids is 1. The fourth-order valence-corrected chi connectivity index (χ4v) is 1.95. The van der Waals surface area contributed by atoms with Gasteiger partial charge in [0.1, 0.15) is 5.25 Å². The van der Waals surface area contributed by atoms with Gasteiger partial charge in [0.2, 0.25) is 0 Å². The van der Waals surface area contributed by atoms with Gasteiger partial charge in [0.15, 0.2) is 0 Å². The molecule has 0 aromatic heterocycles. The van der Waals surface area contributed by atoms with E-state index in [9.17, 15) is 4.79 Å². The third-order valence-electron chi connectivity index (χ3n) is 2.35. The molecule has 1 aliphatic carbocycles. The highest BCUT2D eigenvalue weighted by Crippen LogP contribution is 2.28. The van der Waals surface area contributed by atoms with Crippen molar-refractivity contribution in [2.75, 3.05) is 0 Å².